The number of carboxylic acids is 1. The zero-order chi connectivity index (χ0) is 30.1. The molecule has 13 heteroatoms. The van der Waals surface area contributed by atoms with E-state index in [1.54, 1.807) is 24.3 Å². The number of halogens is 4. The normalized spacial score (nSPS) is 19.1. The maximum absolute atomic E-state index is 14.6. The predicted octanol–water partition coefficient (Wildman–Crippen LogP) is 5.49. The molecular formula is C29H31ClF3N5O4. The van der Waals surface area contributed by atoms with Crippen molar-refractivity contribution < 1.29 is 32.5 Å². The van der Waals surface area contributed by atoms with Crippen LogP contribution in [-0.2, 0) is 4.79 Å². The Morgan fingerprint density at radius 3 is 2.64 bits per heavy atom. The summed E-state index contributed by atoms with van der Waals surface area (Å²) in [4.78, 5) is 21.5. The number of hydrogen-bond donors (Lipinski definition) is 3. The minimum absolute atomic E-state index is 0.150. The first-order valence-corrected chi connectivity index (χ1v) is 14.0. The summed E-state index contributed by atoms with van der Waals surface area (Å²) in [5, 5.41) is 12.7. The number of anilines is 2. The molecule has 0 bridgehead atoms. The van der Waals surface area contributed by atoms with E-state index < -0.39 is 24.3 Å². The highest BCUT2D eigenvalue weighted by Crippen LogP contribution is 2.43. The molecule has 3 heterocycles. The number of benzene rings is 2. The van der Waals surface area contributed by atoms with Crippen molar-refractivity contribution in [2.45, 2.75) is 44.5 Å². The molecule has 224 valence electrons. The van der Waals surface area contributed by atoms with Crippen LogP contribution in [0, 0.1) is 5.41 Å². The first-order valence-electron chi connectivity index (χ1n) is 13.6. The van der Waals surface area contributed by atoms with Gasteiger partial charge in [-0.1, -0.05) is 29.8 Å². The largest absolute Gasteiger partial charge is 0.494 e. The molecule has 9 nitrogen and oxygen atoms in total. The van der Waals surface area contributed by atoms with E-state index in [1.165, 1.54) is 24.3 Å². The molecule has 2 saturated heterocycles. The van der Waals surface area contributed by atoms with Crippen LogP contribution in [0.4, 0.5) is 24.9 Å². The van der Waals surface area contributed by atoms with Crippen LogP contribution in [0.2, 0.25) is 5.02 Å². The number of nitrogen functional groups attached to an aromatic ring is 1. The number of alkyl halides is 3. The maximum Gasteiger partial charge on any atom is 0.429 e. The van der Waals surface area contributed by atoms with Crippen molar-refractivity contribution in [1.82, 2.24) is 15.3 Å². The van der Waals surface area contributed by atoms with Crippen LogP contribution < -0.4 is 25.4 Å². The number of hydrogen-bond acceptors (Lipinski definition) is 8. The van der Waals surface area contributed by atoms with E-state index in [1.807, 2.05) is 11.8 Å². The Kier molecular flexibility index (Phi) is 8.38. The molecule has 2 aliphatic heterocycles. The van der Waals surface area contributed by atoms with E-state index in [2.05, 4.69) is 15.3 Å². The molecule has 42 heavy (non-hydrogen) atoms. The van der Waals surface area contributed by atoms with E-state index in [0.29, 0.717) is 62.6 Å². The van der Waals surface area contributed by atoms with E-state index in [0.717, 1.165) is 0 Å². The van der Waals surface area contributed by atoms with Gasteiger partial charge in [0.15, 0.2) is 0 Å². The van der Waals surface area contributed by atoms with Crippen LogP contribution in [0.15, 0.2) is 48.5 Å². The van der Waals surface area contributed by atoms with Crippen molar-refractivity contribution in [3.63, 3.8) is 0 Å². The van der Waals surface area contributed by atoms with Crippen molar-refractivity contribution in [1.29, 1.82) is 0 Å². The van der Waals surface area contributed by atoms with E-state index in [4.69, 9.17) is 26.8 Å². The Hall–Kier alpha value is -3.77. The van der Waals surface area contributed by atoms with Gasteiger partial charge in [0.25, 0.3) is 0 Å². The van der Waals surface area contributed by atoms with Crippen LogP contribution in [0.1, 0.15) is 37.9 Å². The van der Waals surface area contributed by atoms with Gasteiger partial charge in [-0.25, -0.2) is 0 Å². The van der Waals surface area contributed by atoms with Gasteiger partial charge in [-0.05, 0) is 67.0 Å². The fourth-order valence-corrected chi connectivity index (χ4v) is 5.86. The summed E-state index contributed by atoms with van der Waals surface area (Å²) in [6.07, 6.45) is -5.27. The molecule has 3 aromatic rings. The molecule has 1 aromatic heterocycles. The molecule has 2 atom stereocenters. The first kappa shape index (κ1) is 29.7. The second kappa shape index (κ2) is 11.8. The molecule has 0 radical (unpaired) electrons. The lowest BCUT2D eigenvalue weighted by Crippen LogP contribution is -2.41. The summed E-state index contributed by atoms with van der Waals surface area (Å²) in [5.74, 6) is -0.566. The lowest BCUT2D eigenvalue weighted by atomic mass is 9.76. The average molecular weight is 606 g/mol. The predicted molar refractivity (Wildman–Crippen MR) is 152 cm³/mol. The zero-order valence-corrected chi connectivity index (χ0v) is 23.6. The maximum atomic E-state index is 14.6. The number of aromatic nitrogens is 2. The van der Waals surface area contributed by atoms with Crippen molar-refractivity contribution >= 4 is 29.3 Å². The van der Waals surface area contributed by atoms with Gasteiger partial charge < -0.3 is 30.5 Å². The molecule has 5 rings (SSSR count). The van der Waals surface area contributed by atoms with Gasteiger partial charge in [-0.15, -0.1) is 0 Å². The highest BCUT2D eigenvalue weighted by Gasteiger charge is 2.46. The molecule has 2 aliphatic rings. The minimum atomic E-state index is -4.81. The third-order valence-electron chi connectivity index (χ3n) is 7.80. The molecule has 2 fully saturated rings. The highest BCUT2D eigenvalue weighted by atomic mass is 35.5. The molecule has 4 N–H and O–H groups in total. The standard InChI is InChI=1S/C29H31ClF3N5O4/c1-2-41-19-5-3-4-17(12-19)21-13-18(30)6-7-20(21)25(29(31,32)33)42-24-14-23(36-27(34)37-24)38-10-8-28(9-11-38)15-22(26(39)40)35-16-28/h3-7,12-14,22,25,35H,2,8-11,15-16H2,1H3,(H,39,40)(H2,34,36,37)/t22?,25-/m1/s1. The third kappa shape index (κ3) is 6.49. The third-order valence-corrected chi connectivity index (χ3v) is 8.04. The SMILES string of the molecule is CCOc1cccc(-c2cc(Cl)ccc2[C@@H](Oc2cc(N3CCC4(CC3)CNC(C(=O)O)C4)nc(N)n2)C(F)(F)F)c1. The smallest absolute Gasteiger partial charge is 0.429 e. The average Bonchev–Trinajstić information content (AvgIpc) is 3.35. The summed E-state index contributed by atoms with van der Waals surface area (Å²) in [7, 11) is 0. The Morgan fingerprint density at radius 2 is 1.98 bits per heavy atom. The Balaban J connectivity index is 1.42. The molecule has 1 spiro atoms. The number of rotatable bonds is 8. The Morgan fingerprint density at radius 1 is 1.21 bits per heavy atom. The molecule has 2 aromatic carbocycles. The van der Waals surface area contributed by atoms with Gasteiger partial charge in [0.05, 0.1) is 6.61 Å². The zero-order valence-electron chi connectivity index (χ0n) is 22.8. The van der Waals surface area contributed by atoms with E-state index in [9.17, 15) is 23.1 Å². The summed E-state index contributed by atoms with van der Waals surface area (Å²) >= 11 is 6.21. The molecule has 0 aliphatic carbocycles. The number of carbonyl (C=O) groups is 1. The number of nitrogens with one attached hydrogen (secondary N) is 1. The van der Waals surface area contributed by atoms with Gasteiger partial charge in [-0.3, -0.25) is 4.79 Å². The quantitative estimate of drug-likeness (QED) is 0.306. The van der Waals surface area contributed by atoms with Crippen LogP contribution in [0.25, 0.3) is 11.1 Å². The molecule has 1 unspecified atom stereocenters. The van der Waals surface area contributed by atoms with Gasteiger partial charge in [0, 0.05) is 36.3 Å². The minimum Gasteiger partial charge on any atom is -0.494 e. The van der Waals surface area contributed by atoms with Crippen LogP contribution in [0.3, 0.4) is 0 Å². The molecule has 0 saturated carbocycles. The van der Waals surface area contributed by atoms with Crippen LogP contribution in [0.5, 0.6) is 11.6 Å². The fourth-order valence-electron chi connectivity index (χ4n) is 5.69. The Bertz CT molecular complexity index is 1450. The monoisotopic (exact) mass is 605 g/mol. The second-order valence-corrected chi connectivity index (χ2v) is 11.1. The van der Waals surface area contributed by atoms with Crippen molar-refractivity contribution in [2.24, 2.45) is 5.41 Å². The number of piperidine rings is 1. The first-order chi connectivity index (χ1) is 20.0. The lowest BCUT2D eigenvalue weighted by molar-refractivity contribution is -0.198. The van der Waals surface area contributed by atoms with Crippen LogP contribution >= 0.6 is 11.6 Å². The van der Waals surface area contributed by atoms with Gasteiger partial charge >= 0.3 is 12.1 Å². The number of aliphatic carboxylic acids is 1. The van der Waals surface area contributed by atoms with Gasteiger partial charge in [0.2, 0.25) is 17.9 Å². The molecular weight excluding hydrogens is 575 g/mol. The van der Waals surface area contributed by atoms with Crippen molar-refractivity contribution in [2.75, 3.05) is 36.9 Å². The Labute approximate surface area is 245 Å². The summed E-state index contributed by atoms with van der Waals surface area (Å²) in [5.41, 5.74) is 6.34. The second-order valence-electron chi connectivity index (χ2n) is 10.6. The van der Waals surface area contributed by atoms with Crippen molar-refractivity contribution in [3.8, 4) is 22.8 Å². The van der Waals surface area contributed by atoms with E-state index in [-0.39, 0.29) is 33.4 Å². The number of nitrogens with zero attached hydrogens (tertiary/aromatic N) is 3. The van der Waals surface area contributed by atoms with E-state index >= 15 is 0 Å². The van der Waals surface area contributed by atoms with Gasteiger partial charge in [0.1, 0.15) is 17.6 Å². The highest BCUT2D eigenvalue weighted by molar-refractivity contribution is 6.30. The summed E-state index contributed by atoms with van der Waals surface area (Å²) in [6.45, 7) is 3.88. The number of ether oxygens (including phenoxy) is 2. The van der Waals surface area contributed by atoms with Crippen molar-refractivity contribution in [3.05, 3.63) is 59.1 Å². The molecule has 0 amide bonds. The number of carboxylic acid groups (broad SMARTS) is 1. The van der Waals surface area contributed by atoms with Crippen LogP contribution in [-0.4, -0.2) is 59.5 Å². The van der Waals surface area contributed by atoms with Gasteiger partial charge in [-0.2, -0.15) is 23.1 Å². The summed E-state index contributed by atoms with van der Waals surface area (Å²) in [6, 6.07) is 11.6. The summed E-state index contributed by atoms with van der Waals surface area (Å²) < 4.78 is 54.9. The lowest BCUT2D eigenvalue weighted by Gasteiger charge is -2.39. The number of nitrogens with two attached hydrogens (primary N) is 1. The fraction of sp³-hybridized carbons (Fsp3) is 0.414. The topological polar surface area (TPSA) is 123 Å².